The van der Waals surface area contributed by atoms with Crippen LogP contribution >= 0.6 is 0 Å². The van der Waals surface area contributed by atoms with Gasteiger partial charge in [0.1, 0.15) is 18.1 Å². The third-order valence-corrected chi connectivity index (χ3v) is 11.2. The zero-order valence-electron chi connectivity index (χ0n) is 29.3. The van der Waals surface area contributed by atoms with Crippen molar-refractivity contribution in [1.29, 1.82) is 0 Å². The summed E-state index contributed by atoms with van der Waals surface area (Å²) in [6.45, 7) is 16.1. The largest absolute Gasteiger partial charge is 0.458 e. The molecule has 3 heterocycles. The van der Waals surface area contributed by atoms with Crippen molar-refractivity contribution in [3.8, 4) is 0 Å². The highest BCUT2D eigenvalue weighted by Crippen LogP contribution is 2.45. The minimum atomic E-state index is -1.35. The highest BCUT2D eigenvalue weighted by atomic mass is 16.7. The molecular weight excluding hydrogens is 584 g/mol. The number of alkyl carbamates (subject to hydrolysis) is 1. The van der Waals surface area contributed by atoms with Crippen LogP contribution in [0.3, 0.4) is 0 Å². The maximum absolute atomic E-state index is 14.1. The third-order valence-electron chi connectivity index (χ3n) is 11.2. The second-order valence-corrected chi connectivity index (χ2v) is 14.3. The predicted octanol–water partition coefficient (Wildman–Crippen LogP) is 3.05. The number of aliphatic hydroxyl groups is 2. The van der Waals surface area contributed by atoms with Gasteiger partial charge in [0.05, 0.1) is 29.5 Å². The SMILES string of the molecule is CC[C@H]1OC(=O)[C@H](C)C(=O)[C@H](C)[C@@H](O[C@@H]2O[C@H](C)C[C@H](N(C)C)[C@H]2O)[C@](C)(OC)C[C@@H](C)[C@@](O)(CC)[C@H](C)[C@@H]2NC(=O)O[C@]12C. The van der Waals surface area contributed by atoms with Crippen molar-refractivity contribution < 1.29 is 48.3 Å². The number of hydrogen-bond donors (Lipinski definition) is 3. The number of cyclic esters (lactones) is 1. The van der Waals surface area contributed by atoms with E-state index in [-0.39, 0.29) is 18.6 Å². The van der Waals surface area contributed by atoms with Crippen LogP contribution in [-0.4, -0.2) is 114 Å². The Balaban J connectivity index is 2.16. The fourth-order valence-corrected chi connectivity index (χ4v) is 8.06. The molecule has 1 amide bonds. The molecule has 45 heavy (non-hydrogen) atoms. The van der Waals surface area contributed by atoms with Crippen molar-refractivity contribution in [3.05, 3.63) is 0 Å². The number of aliphatic hydroxyl groups excluding tert-OH is 1. The van der Waals surface area contributed by atoms with Crippen LogP contribution in [-0.2, 0) is 33.3 Å². The average molecular weight is 643 g/mol. The van der Waals surface area contributed by atoms with Crippen LogP contribution in [0.25, 0.3) is 0 Å². The normalized spacial score (nSPS) is 47.0. The lowest BCUT2D eigenvalue weighted by molar-refractivity contribution is -0.297. The highest BCUT2D eigenvalue weighted by Gasteiger charge is 2.60. The van der Waals surface area contributed by atoms with Gasteiger partial charge in [0.15, 0.2) is 17.7 Å². The molecule has 0 radical (unpaired) electrons. The molecule has 3 aliphatic heterocycles. The summed E-state index contributed by atoms with van der Waals surface area (Å²) >= 11 is 0. The van der Waals surface area contributed by atoms with E-state index in [0.29, 0.717) is 19.3 Å². The summed E-state index contributed by atoms with van der Waals surface area (Å²) in [5, 5.41) is 26.6. The van der Waals surface area contributed by atoms with Crippen molar-refractivity contribution in [1.82, 2.24) is 10.2 Å². The second-order valence-electron chi connectivity index (χ2n) is 14.3. The van der Waals surface area contributed by atoms with Gasteiger partial charge < -0.3 is 44.1 Å². The Kier molecular flexibility index (Phi) is 11.8. The van der Waals surface area contributed by atoms with E-state index >= 15 is 0 Å². The second kappa shape index (κ2) is 14.1. The van der Waals surface area contributed by atoms with Crippen LogP contribution in [0.15, 0.2) is 0 Å². The van der Waals surface area contributed by atoms with Gasteiger partial charge in [-0.05, 0) is 73.4 Å². The van der Waals surface area contributed by atoms with Gasteiger partial charge in [-0.3, -0.25) is 9.59 Å². The zero-order chi connectivity index (χ0) is 34.2. The number of hydrogen-bond acceptors (Lipinski definition) is 11. The van der Waals surface area contributed by atoms with Gasteiger partial charge >= 0.3 is 12.1 Å². The number of likely N-dealkylation sites (N-methyl/N-ethyl adjacent to an activating group) is 1. The van der Waals surface area contributed by atoms with E-state index < -0.39 is 89.0 Å². The number of fused-ring (bicyclic) bond motifs is 1. The Bertz CT molecular complexity index is 1070. The van der Waals surface area contributed by atoms with E-state index in [0.717, 1.165) is 0 Å². The topological polar surface area (TPSA) is 153 Å². The molecule has 260 valence electrons. The number of ketones is 1. The first-order valence-electron chi connectivity index (χ1n) is 16.5. The predicted molar refractivity (Wildman–Crippen MR) is 166 cm³/mol. The number of nitrogens with zero attached hydrogens (tertiary/aromatic N) is 1. The molecule has 0 bridgehead atoms. The van der Waals surface area contributed by atoms with E-state index in [1.165, 1.54) is 14.0 Å². The molecule has 12 nitrogen and oxygen atoms in total. The Morgan fingerprint density at radius 1 is 1.07 bits per heavy atom. The Morgan fingerprint density at radius 2 is 1.69 bits per heavy atom. The number of amides is 1. The fraction of sp³-hybridized carbons (Fsp3) is 0.909. The van der Waals surface area contributed by atoms with E-state index in [2.05, 4.69) is 5.32 Å². The number of methoxy groups -OCH3 is 1. The molecule has 0 aromatic carbocycles. The molecule has 3 rings (SSSR count). The summed E-state index contributed by atoms with van der Waals surface area (Å²) < 4.78 is 30.6. The number of rotatable bonds is 6. The first-order valence-corrected chi connectivity index (χ1v) is 16.5. The Hall–Kier alpha value is -1.83. The number of carbonyl (C=O) groups excluding carboxylic acids is 3. The van der Waals surface area contributed by atoms with Crippen LogP contribution in [0, 0.1) is 23.7 Å². The standard InChI is InChI=1S/C33H58N2O10/c1-13-23-32(9)26(34-30(39)45-32)21(7)33(40,14-2)17(3)16-31(8,41-12)27(19(5)24(36)20(6)28(38)43-23)44-29-25(37)22(35(10)11)15-18(4)42-29/h17-23,25-27,29,37,40H,13-16H2,1-12H3,(H,34,39)/t17-,18-,19+,20-,21-,22+,23-,25-,26+,27-,29+,31-,32-,33+/m1/s1. The van der Waals surface area contributed by atoms with Crippen molar-refractivity contribution in [3.63, 3.8) is 0 Å². The summed E-state index contributed by atoms with van der Waals surface area (Å²) in [5.41, 5.74) is -3.84. The smallest absolute Gasteiger partial charge is 0.408 e. The lowest BCUT2D eigenvalue weighted by Crippen LogP contribution is -2.63. The summed E-state index contributed by atoms with van der Waals surface area (Å²) in [6.07, 6.45) is -3.38. The number of Topliss-reactive ketones (excluding diaryl/α,β-unsaturated/α-hetero) is 1. The van der Waals surface area contributed by atoms with E-state index in [9.17, 15) is 24.6 Å². The van der Waals surface area contributed by atoms with Crippen LogP contribution in [0.5, 0.6) is 0 Å². The minimum absolute atomic E-state index is 0.230. The molecule has 3 N–H and O–H groups in total. The molecule has 0 aliphatic carbocycles. The summed E-state index contributed by atoms with van der Waals surface area (Å²) in [6, 6.07) is -0.959. The number of ether oxygens (including phenoxy) is 5. The van der Waals surface area contributed by atoms with E-state index in [4.69, 9.17) is 23.7 Å². The molecule has 3 fully saturated rings. The zero-order valence-corrected chi connectivity index (χ0v) is 29.3. The molecule has 0 aromatic rings. The molecule has 3 saturated heterocycles. The maximum Gasteiger partial charge on any atom is 0.408 e. The first-order chi connectivity index (χ1) is 20.8. The molecule has 12 heteroatoms. The summed E-state index contributed by atoms with van der Waals surface area (Å²) in [5.74, 6) is -4.25. The molecule has 14 atom stereocenters. The molecule has 0 aromatic heterocycles. The van der Waals surface area contributed by atoms with Gasteiger partial charge in [-0.15, -0.1) is 0 Å². The average Bonchev–Trinajstić information content (AvgIpc) is 3.31. The van der Waals surface area contributed by atoms with Gasteiger partial charge in [0.25, 0.3) is 0 Å². The van der Waals surface area contributed by atoms with Crippen LogP contribution in [0.1, 0.15) is 88.0 Å². The lowest BCUT2D eigenvalue weighted by atomic mass is 9.65. The van der Waals surface area contributed by atoms with Crippen LogP contribution < -0.4 is 5.32 Å². The van der Waals surface area contributed by atoms with Crippen molar-refractivity contribution >= 4 is 17.8 Å². The van der Waals surface area contributed by atoms with Crippen molar-refractivity contribution in [2.45, 2.75) is 148 Å². The first kappa shape index (κ1) is 37.6. The highest BCUT2D eigenvalue weighted by molar-refractivity contribution is 6.00. The number of nitrogens with one attached hydrogen (secondary N) is 1. The lowest BCUT2D eigenvalue weighted by Gasteiger charge is -2.50. The number of esters is 1. The van der Waals surface area contributed by atoms with Gasteiger partial charge in [0.2, 0.25) is 0 Å². The molecular formula is C33H58N2O10. The quantitative estimate of drug-likeness (QED) is 0.290. The van der Waals surface area contributed by atoms with E-state index in [1.807, 2.05) is 60.5 Å². The summed E-state index contributed by atoms with van der Waals surface area (Å²) in [7, 11) is 5.28. The van der Waals surface area contributed by atoms with E-state index in [1.54, 1.807) is 13.8 Å². The molecule has 0 saturated carbocycles. The van der Waals surface area contributed by atoms with Crippen molar-refractivity contribution in [2.75, 3.05) is 21.2 Å². The van der Waals surface area contributed by atoms with Gasteiger partial charge in [-0.2, -0.15) is 0 Å². The molecule has 3 aliphatic rings. The van der Waals surface area contributed by atoms with Crippen LogP contribution in [0.4, 0.5) is 4.79 Å². The van der Waals surface area contributed by atoms with Gasteiger partial charge in [0, 0.05) is 25.0 Å². The molecule has 0 unspecified atom stereocenters. The summed E-state index contributed by atoms with van der Waals surface area (Å²) in [4.78, 5) is 42.3. The monoisotopic (exact) mass is 642 g/mol. The van der Waals surface area contributed by atoms with Gasteiger partial charge in [-0.1, -0.05) is 34.6 Å². The Morgan fingerprint density at radius 3 is 2.22 bits per heavy atom. The molecule has 0 spiro atoms. The maximum atomic E-state index is 14.1. The fourth-order valence-electron chi connectivity index (χ4n) is 8.06. The minimum Gasteiger partial charge on any atom is -0.458 e. The Labute approximate surface area is 268 Å². The number of carbonyl (C=O) groups is 3. The van der Waals surface area contributed by atoms with Gasteiger partial charge in [-0.25, -0.2) is 4.79 Å². The third kappa shape index (κ3) is 7.06. The van der Waals surface area contributed by atoms with Crippen LogP contribution in [0.2, 0.25) is 0 Å². The van der Waals surface area contributed by atoms with Crippen molar-refractivity contribution in [2.24, 2.45) is 23.7 Å².